The Morgan fingerprint density at radius 2 is 2.00 bits per heavy atom. The fourth-order valence-electron chi connectivity index (χ4n) is 1.64. The number of hydrogen-bond acceptors (Lipinski definition) is 3. The zero-order valence-electron chi connectivity index (χ0n) is 11.4. The van der Waals surface area contributed by atoms with E-state index in [1.54, 1.807) is 0 Å². The molecule has 0 aromatic heterocycles. The lowest BCUT2D eigenvalue weighted by Gasteiger charge is -2.15. The van der Waals surface area contributed by atoms with Crippen molar-refractivity contribution in [1.29, 1.82) is 0 Å². The molecule has 0 aliphatic carbocycles. The van der Waals surface area contributed by atoms with Gasteiger partial charge in [0.25, 0.3) is 0 Å². The quantitative estimate of drug-likeness (QED) is 0.524. The van der Waals surface area contributed by atoms with E-state index >= 15 is 0 Å². The zero-order valence-corrected chi connectivity index (χ0v) is 11.4. The lowest BCUT2D eigenvalue weighted by molar-refractivity contribution is -0.144. The van der Waals surface area contributed by atoms with E-state index < -0.39 is 0 Å². The maximum Gasteiger partial charge on any atom is 0.320 e. The fourth-order valence-corrected chi connectivity index (χ4v) is 1.64. The Kier molecular flexibility index (Phi) is 7.11. The number of ether oxygens (including phenoxy) is 1. The molecule has 0 fully saturated rings. The Morgan fingerprint density at radius 3 is 2.67 bits per heavy atom. The summed E-state index contributed by atoms with van der Waals surface area (Å²) in [7, 11) is 1.95. The molecule has 1 aromatic rings. The van der Waals surface area contributed by atoms with E-state index in [9.17, 15) is 4.79 Å². The molecule has 0 spiro atoms. The molecule has 0 saturated carbocycles. The third kappa shape index (κ3) is 6.40. The van der Waals surface area contributed by atoms with Crippen LogP contribution in [0.5, 0.6) is 0 Å². The van der Waals surface area contributed by atoms with Crippen LogP contribution in [0.4, 0.5) is 0 Å². The van der Waals surface area contributed by atoms with Crippen molar-refractivity contribution in [2.45, 2.75) is 26.2 Å². The van der Waals surface area contributed by atoms with Crippen LogP contribution in [-0.2, 0) is 16.0 Å². The van der Waals surface area contributed by atoms with Crippen molar-refractivity contribution in [3.63, 3.8) is 0 Å². The molecule has 0 aliphatic heterocycles. The molecule has 0 aliphatic rings. The van der Waals surface area contributed by atoms with E-state index in [-0.39, 0.29) is 5.97 Å². The van der Waals surface area contributed by atoms with Crippen molar-refractivity contribution in [1.82, 2.24) is 4.90 Å². The van der Waals surface area contributed by atoms with Crippen molar-refractivity contribution in [2.24, 2.45) is 0 Å². The van der Waals surface area contributed by atoms with Gasteiger partial charge in [0.15, 0.2) is 0 Å². The lowest BCUT2D eigenvalue weighted by atomic mass is 10.1. The molecule has 18 heavy (non-hydrogen) atoms. The summed E-state index contributed by atoms with van der Waals surface area (Å²) in [6.07, 6.45) is 2.95. The standard InChI is InChI=1S/C15H23NO2/c1-3-4-12-18-15(17)13-16(2)11-10-14-8-6-5-7-9-14/h5-9H,3-4,10-13H2,1-2H3. The number of esters is 1. The Bertz CT molecular complexity index is 338. The van der Waals surface area contributed by atoms with Gasteiger partial charge in [-0.15, -0.1) is 0 Å². The molecule has 0 heterocycles. The summed E-state index contributed by atoms with van der Waals surface area (Å²) in [4.78, 5) is 13.5. The minimum atomic E-state index is -0.126. The van der Waals surface area contributed by atoms with Gasteiger partial charge < -0.3 is 4.74 Å². The van der Waals surface area contributed by atoms with E-state index in [0.717, 1.165) is 25.8 Å². The molecule has 3 nitrogen and oxygen atoms in total. The maximum atomic E-state index is 11.5. The molecule has 0 radical (unpaired) electrons. The van der Waals surface area contributed by atoms with E-state index in [0.29, 0.717) is 13.2 Å². The van der Waals surface area contributed by atoms with E-state index in [4.69, 9.17) is 4.74 Å². The van der Waals surface area contributed by atoms with Crippen LogP contribution in [0.25, 0.3) is 0 Å². The van der Waals surface area contributed by atoms with Gasteiger partial charge in [0.2, 0.25) is 0 Å². The van der Waals surface area contributed by atoms with Gasteiger partial charge in [0.1, 0.15) is 0 Å². The van der Waals surface area contributed by atoms with Crippen molar-refractivity contribution in [2.75, 3.05) is 26.7 Å². The number of carbonyl (C=O) groups is 1. The fraction of sp³-hybridized carbons (Fsp3) is 0.533. The SMILES string of the molecule is CCCCOC(=O)CN(C)CCc1ccccc1. The highest BCUT2D eigenvalue weighted by atomic mass is 16.5. The van der Waals surface area contributed by atoms with Crippen molar-refractivity contribution < 1.29 is 9.53 Å². The summed E-state index contributed by atoms with van der Waals surface area (Å²) in [5.41, 5.74) is 1.30. The molecule has 3 heteroatoms. The van der Waals surface area contributed by atoms with Crippen LogP contribution >= 0.6 is 0 Å². The first-order valence-electron chi connectivity index (χ1n) is 6.60. The number of benzene rings is 1. The van der Waals surface area contributed by atoms with Crippen LogP contribution in [0, 0.1) is 0 Å². The van der Waals surface area contributed by atoms with Gasteiger partial charge in [0.05, 0.1) is 13.2 Å². The predicted octanol–water partition coefficient (Wildman–Crippen LogP) is 2.50. The van der Waals surface area contributed by atoms with Crippen LogP contribution in [0.3, 0.4) is 0 Å². The van der Waals surface area contributed by atoms with Crippen LogP contribution in [0.15, 0.2) is 30.3 Å². The molecule has 1 aromatic carbocycles. The Labute approximate surface area is 110 Å². The largest absolute Gasteiger partial charge is 0.465 e. The summed E-state index contributed by atoms with van der Waals surface area (Å²) >= 11 is 0. The van der Waals surface area contributed by atoms with Gasteiger partial charge in [-0.25, -0.2) is 0 Å². The average molecular weight is 249 g/mol. The predicted molar refractivity (Wildman–Crippen MR) is 73.5 cm³/mol. The normalized spacial score (nSPS) is 10.6. The highest BCUT2D eigenvalue weighted by Gasteiger charge is 2.07. The lowest BCUT2D eigenvalue weighted by Crippen LogP contribution is -2.29. The van der Waals surface area contributed by atoms with E-state index in [1.165, 1.54) is 5.56 Å². The highest BCUT2D eigenvalue weighted by molar-refractivity contribution is 5.71. The number of nitrogens with zero attached hydrogens (tertiary/aromatic N) is 1. The Hall–Kier alpha value is -1.35. The second kappa shape index (κ2) is 8.70. The van der Waals surface area contributed by atoms with Crippen LogP contribution in [0.2, 0.25) is 0 Å². The number of carbonyl (C=O) groups excluding carboxylic acids is 1. The highest BCUT2D eigenvalue weighted by Crippen LogP contribution is 2.00. The molecule has 0 amide bonds. The van der Waals surface area contributed by atoms with Crippen LogP contribution in [-0.4, -0.2) is 37.6 Å². The monoisotopic (exact) mass is 249 g/mol. The summed E-state index contributed by atoms with van der Waals surface area (Å²) in [6, 6.07) is 10.3. The van der Waals surface area contributed by atoms with Crippen molar-refractivity contribution >= 4 is 5.97 Å². The molecular formula is C15H23NO2. The summed E-state index contributed by atoms with van der Waals surface area (Å²) in [5, 5.41) is 0. The second-order valence-corrected chi connectivity index (χ2v) is 4.55. The second-order valence-electron chi connectivity index (χ2n) is 4.55. The third-order valence-corrected chi connectivity index (χ3v) is 2.78. The van der Waals surface area contributed by atoms with Gasteiger partial charge in [0, 0.05) is 6.54 Å². The van der Waals surface area contributed by atoms with Gasteiger partial charge in [-0.05, 0) is 25.5 Å². The molecule has 0 bridgehead atoms. The summed E-state index contributed by atoms with van der Waals surface area (Å²) in [6.45, 7) is 3.87. The maximum absolute atomic E-state index is 11.5. The molecular weight excluding hydrogens is 226 g/mol. The Balaban J connectivity index is 2.17. The number of rotatable bonds is 8. The molecule has 0 atom stereocenters. The topological polar surface area (TPSA) is 29.5 Å². The minimum absolute atomic E-state index is 0.126. The van der Waals surface area contributed by atoms with Gasteiger partial charge >= 0.3 is 5.97 Å². The van der Waals surface area contributed by atoms with Crippen LogP contribution < -0.4 is 0 Å². The smallest absolute Gasteiger partial charge is 0.320 e. The Morgan fingerprint density at radius 1 is 1.28 bits per heavy atom. The van der Waals surface area contributed by atoms with Crippen molar-refractivity contribution in [3.8, 4) is 0 Å². The van der Waals surface area contributed by atoms with Gasteiger partial charge in [-0.1, -0.05) is 43.7 Å². The number of likely N-dealkylation sites (N-methyl/N-ethyl adjacent to an activating group) is 1. The van der Waals surface area contributed by atoms with Crippen LogP contribution in [0.1, 0.15) is 25.3 Å². The van der Waals surface area contributed by atoms with E-state index in [2.05, 4.69) is 19.1 Å². The molecule has 100 valence electrons. The van der Waals surface area contributed by atoms with Crippen molar-refractivity contribution in [3.05, 3.63) is 35.9 Å². The molecule has 0 saturated heterocycles. The molecule has 1 rings (SSSR count). The average Bonchev–Trinajstić information content (AvgIpc) is 2.38. The molecule has 0 unspecified atom stereocenters. The first kappa shape index (κ1) is 14.7. The van der Waals surface area contributed by atoms with Gasteiger partial charge in [-0.2, -0.15) is 0 Å². The first-order valence-corrected chi connectivity index (χ1v) is 6.60. The molecule has 0 N–H and O–H groups in total. The number of hydrogen-bond donors (Lipinski definition) is 0. The third-order valence-electron chi connectivity index (χ3n) is 2.78. The van der Waals surface area contributed by atoms with E-state index in [1.807, 2.05) is 30.1 Å². The summed E-state index contributed by atoms with van der Waals surface area (Å²) < 4.78 is 5.12. The number of unbranched alkanes of at least 4 members (excludes halogenated alkanes) is 1. The first-order chi connectivity index (χ1) is 8.72. The minimum Gasteiger partial charge on any atom is -0.465 e. The van der Waals surface area contributed by atoms with Gasteiger partial charge in [-0.3, -0.25) is 9.69 Å². The zero-order chi connectivity index (χ0) is 13.2. The summed E-state index contributed by atoms with van der Waals surface area (Å²) in [5.74, 6) is -0.126.